The number of carbonyl (C=O) groups excluding carboxylic acids is 3. The number of fused-ring (bicyclic) bond motifs is 1. The van der Waals surface area contributed by atoms with Crippen LogP contribution >= 0.6 is 0 Å². The van der Waals surface area contributed by atoms with Gasteiger partial charge < -0.3 is 20.7 Å². The number of nitrogens with one attached hydrogen (secondary N) is 1. The molecule has 38 heavy (non-hydrogen) atoms. The second-order valence-corrected chi connectivity index (χ2v) is 10.4. The Morgan fingerprint density at radius 1 is 0.947 bits per heavy atom. The Kier molecular flexibility index (Phi) is 6.35. The van der Waals surface area contributed by atoms with E-state index in [0.29, 0.717) is 54.7 Å². The van der Waals surface area contributed by atoms with Gasteiger partial charge >= 0.3 is 0 Å². The van der Waals surface area contributed by atoms with Gasteiger partial charge in [-0.25, -0.2) is 4.68 Å². The summed E-state index contributed by atoms with van der Waals surface area (Å²) in [5, 5.41) is 8.28. The monoisotopic (exact) mass is 513 g/mol. The standard InChI is InChI=1S/C29H31N5O4/c30-27(36)25-26(19-6-8-23(9-7-19)38-22-4-2-1-3-5-22)32-34-24(10-13-31-28(25)34)18-11-14-33(15-12-18)29(37)20-16-21(35)17-20/h1-9,18,20,24,31H,10-17H2,(H2,30,36). The lowest BCUT2D eigenvalue weighted by atomic mass is 9.81. The first kappa shape index (κ1) is 24.2. The molecular weight excluding hydrogens is 482 g/mol. The number of hydrogen-bond acceptors (Lipinski definition) is 6. The Balaban J connectivity index is 1.21. The molecule has 6 rings (SSSR count). The van der Waals surface area contributed by atoms with E-state index < -0.39 is 5.91 Å². The van der Waals surface area contributed by atoms with Crippen LogP contribution in [-0.2, 0) is 9.59 Å². The van der Waals surface area contributed by atoms with Crippen LogP contribution in [0.5, 0.6) is 11.5 Å². The largest absolute Gasteiger partial charge is 0.457 e. The third-order valence-electron chi connectivity index (χ3n) is 8.00. The molecule has 1 unspecified atom stereocenters. The number of piperidine rings is 1. The summed E-state index contributed by atoms with van der Waals surface area (Å²) in [7, 11) is 0. The fourth-order valence-electron chi connectivity index (χ4n) is 5.91. The van der Waals surface area contributed by atoms with Gasteiger partial charge in [0.05, 0.1) is 12.0 Å². The molecule has 1 aromatic heterocycles. The first-order valence-corrected chi connectivity index (χ1v) is 13.3. The van der Waals surface area contributed by atoms with Crippen molar-refractivity contribution in [2.24, 2.45) is 17.6 Å². The zero-order valence-electron chi connectivity index (χ0n) is 21.1. The number of likely N-dealkylation sites (tertiary alicyclic amines) is 1. The minimum atomic E-state index is -0.519. The van der Waals surface area contributed by atoms with E-state index in [1.165, 1.54) is 0 Å². The van der Waals surface area contributed by atoms with Gasteiger partial charge in [0.1, 0.15) is 34.4 Å². The molecule has 2 fully saturated rings. The van der Waals surface area contributed by atoms with Crippen molar-refractivity contribution in [3.8, 4) is 22.8 Å². The Bertz CT molecular complexity index is 1350. The molecule has 3 aliphatic rings. The minimum absolute atomic E-state index is 0.112. The van der Waals surface area contributed by atoms with E-state index in [-0.39, 0.29) is 23.7 Å². The van der Waals surface area contributed by atoms with E-state index >= 15 is 0 Å². The molecule has 0 bridgehead atoms. The van der Waals surface area contributed by atoms with Gasteiger partial charge in [0.25, 0.3) is 5.91 Å². The number of ketones is 1. The summed E-state index contributed by atoms with van der Waals surface area (Å²) in [6.45, 7) is 2.10. The van der Waals surface area contributed by atoms with Crippen molar-refractivity contribution >= 4 is 23.4 Å². The average molecular weight is 514 g/mol. The summed E-state index contributed by atoms with van der Waals surface area (Å²) in [5.74, 6) is 2.09. The highest BCUT2D eigenvalue weighted by Crippen LogP contribution is 2.40. The Morgan fingerprint density at radius 2 is 1.63 bits per heavy atom. The Hall–Kier alpha value is -4.14. The lowest BCUT2D eigenvalue weighted by Crippen LogP contribution is -2.46. The smallest absolute Gasteiger partial charge is 0.254 e. The number of carbonyl (C=O) groups is 3. The number of rotatable bonds is 6. The first-order chi connectivity index (χ1) is 18.5. The molecule has 1 aliphatic carbocycles. The van der Waals surface area contributed by atoms with Gasteiger partial charge in [-0.1, -0.05) is 18.2 Å². The number of primary amides is 1. The highest BCUT2D eigenvalue weighted by Gasteiger charge is 2.39. The van der Waals surface area contributed by atoms with Gasteiger partial charge in [-0.3, -0.25) is 14.4 Å². The van der Waals surface area contributed by atoms with E-state index in [0.717, 1.165) is 37.1 Å². The van der Waals surface area contributed by atoms with Crippen LogP contribution in [0.25, 0.3) is 11.3 Å². The van der Waals surface area contributed by atoms with Gasteiger partial charge in [-0.05, 0) is 61.6 Å². The van der Waals surface area contributed by atoms with Crippen molar-refractivity contribution in [1.29, 1.82) is 0 Å². The first-order valence-electron chi connectivity index (χ1n) is 13.3. The number of Topliss-reactive ketones (excluding diaryl/α,β-unsaturated/α-hetero) is 1. The maximum atomic E-state index is 12.7. The quantitative estimate of drug-likeness (QED) is 0.514. The van der Waals surface area contributed by atoms with E-state index in [9.17, 15) is 14.4 Å². The van der Waals surface area contributed by atoms with Gasteiger partial charge in [-0.2, -0.15) is 5.10 Å². The molecule has 0 spiro atoms. The second kappa shape index (κ2) is 9.96. The number of benzene rings is 2. The Morgan fingerprint density at radius 3 is 2.29 bits per heavy atom. The molecule has 196 valence electrons. The molecule has 3 heterocycles. The fraction of sp³-hybridized carbons (Fsp3) is 0.379. The van der Waals surface area contributed by atoms with E-state index in [1.54, 1.807) is 0 Å². The number of para-hydroxylation sites is 1. The number of hydrogen-bond donors (Lipinski definition) is 2. The predicted molar refractivity (Wildman–Crippen MR) is 142 cm³/mol. The molecule has 3 N–H and O–H groups in total. The summed E-state index contributed by atoms with van der Waals surface area (Å²) >= 11 is 0. The molecule has 9 nitrogen and oxygen atoms in total. The summed E-state index contributed by atoms with van der Waals surface area (Å²) in [4.78, 5) is 38.5. The molecular formula is C29H31N5O4. The van der Waals surface area contributed by atoms with Crippen molar-refractivity contribution < 1.29 is 19.1 Å². The molecule has 9 heteroatoms. The van der Waals surface area contributed by atoms with Crippen LogP contribution in [0, 0.1) is 11.8 Å². The van der Waals surface area contributed by atoms with Crippen molar-refractivity contribution in [3.05, 3.63) is 60.2 Å². The van der Waals surface area contributed by atoms with Gasteiger partial charge in [0.15, 0.2) is 0 Å². The maximum Gasteiger partial charge on any atom is 0.254 e. The van der Waals surface area contributed by atoms with Crippen LogP contribution in [0.4, 0.5) is 5.82 Å². The van der Waals surface area contributed by atoms with E-state index in [4.69, 9.17) is 15.6 Å². The van der Waals surface area contributed by atoms with Gasteiger partial charge in [-0.15, -0.1) is 0 Å². The van der Waals surface area contributed by atoms with Crippen LogP contribution in [0.2, 0.25) is 0 Å². The second-order valence-electron chi connectivity index (χ2n) is 10.4. The molecule has 0 radical (unpaired) electrons. The fourth-order valence-corrected chi connectivity index (χ4v) is 5.91. The molecule has 1 saturated heterocycles. The van der Waals surface area contributed by atoms with Crippen molar-refractivity contribution in [2.75, 3.05) is 25.0 Å². The normalized spacial score (nSPS) is 19.8. The van der Waals surface area contributed by atoms with Crippen molar-refractivity contribution in [2.45, 2.75) is 38.1 Å². The number of anilines is 1. The van der Waals surface area contributed by atoms with Crippen LogP contribution in [0.1, 0.15) is 48.5 Å². The van der Waals surface area contributed by atoms with Crippen molar-refractivity contribution in [1.82, 2.24) is 14.7 Å². The molecule has 2 aromatic carbocycles. The highest BCUT2D eigenvalue weighted by molar-refractivity contribution is 6.04. The van der Waals surface area contributed by atoms with E-state index in [2.05, 4.69) is 5.32 Å². The lowest BCUT2D eigenvalue weighted by Gasteiger charge is -2.40. The number of nitrogens with two attached hydrogens (primary N) is 1. The minimum Gasteiger partial charge on any atom is -0.457 e. The zero-order valence-corrected chi connectivity index (χ0v) is 21.1. The van der Waals surface area contributed by atoms with Crippen LogP contribution in [0.15, 0.2) is 54.6 Å². The summed E-state index contributed by atoms with van der Waals surface area (Å²) < 4.78 is 7.85. The molecule has 2 aliphatic heterocycles. The Labute approximate surface area is 220 Å². The highest BCUT2D eigenvalue weighted by atomic mass is 16.5. The number of nitrogens with zero attached hydrogens (tertiary/aromatic N) is 3. The predicted octanol–water partition coefficient (Wildman–Crippen LogP) is 4.02. The number of amides is 2. The van der Waals surface area contributed by atoms with Crippen LogP contribution < -0.4 is 15.8 Å². The average Bonchev–Trinajstić information content (AvgIpc) is 3.32. The zero-order chi connectivity index (χ0) is 26.2. The maximum absolute atomic E-state index is 12.7. The molecule has 1 saturated carbocycles. The topological polar surface area (TPSA) is 120 Å². The molecule has 1 atom stereocenters. The lowest BCUT2D eigenvalue weighted by molar-refractivity contribution is -0.146. The third-order valence-corrected chi connectivity index (χ3v) is 8.00. The number of ether oxygens (including phenoxy) is 1. The molecule has 3 aromatic rings. The van der Waals surface area contributed by atoms with Gasteiger partial charge in [0.2, 0.25) is 5.91 Å². The number of aromatic nitrogens is 2. The van der Waals surface area contributed by atoms with Crippen LogP contribution in [-0.4, -0.2) is 51.9 Å². The van der Waals surface area contributed by atoms with Gasteiger partial charge in [0, 0.05) is 38.0 Å². The summed E-state index contributed by atoms with van der Waals surface area (Å²) in [6, 6.07) is 17.2. The summed E-state index contributed by atoms with van der Waals surface area (Å²) in [5.41, 5.74) is 7.60. The third kappa shape index (κ3) is 4.53. The molecule has 2 amide bonds. The van der Waals surface area contributed by atoms with Crippen molar-refractivity contribution in [3.63, 3.8) is 0 Å². The SMILES string of the molecule is NC(=O)c1c(-c2ccc(Oc3ccccc3)cc2)nn2c1NCCC2C1CCN(C(=O)C2CC(=O)C2)CC1. The van der Waals surface area contributed by atoms with Crippen LogP contribution in [0.3, 0.4) is 0 Å². The van der Waals surface area contributed by atoms with E-state index in [1.807, 2.05) is 64.2 Å². The summed E-state index contributed by atoms with van der Waals surface area (Å²) in [6.07, 6.45) is 3.39.